The van der Waals surface area contributed by atoms with Gasteiger partial charge in [-0.1, -0.05) is 12.1 Å². The van der Waals surface area contributed by atoms with Gasteiger partial charge in [0.05, 0.1) is 5.69 Å². The van der Waals surface area contributed by atoms with Crippen LogP contribution in [0.1, 0.15) is 23.3 Å². The van der Waals surface area contributed by atoms with Crippen molar-refractivity contribution in [2.45, 2.75) is 31.0 Å². The van der Waals surface area contributed by atoms with Crippen molar-refractivity contribution in [3.8, 4) is 0 Å². The van der Waals surface area contributed by atoms with Crippen molar-refractivity contribution in [3.63, 3.8) is 0 Å². The highest BCUT2D eigenvalue weighted by atomic mass is 32.2. The predicted octanol–water partition coefficient (Wildman–Crippen LogP) is 2.11. The Morgan fingerprint density at radius 2 is 2.00 bits per heavy atom. The smallest absolute Gasteiger partial charge is 0.252 e. The first-order valence-corrected chi connectivity index (χ1v) is 9.98. The molecule has 0 radical (unpaired) electrons. The summed E-state index contributed by atoms with van der Waals surface area (Å²) in [7, 11) is -3.35. The van der Waals surface area contributed by atoms with Gasteiger partial charge in [-0.25, -0.2) is 8.42 Å². The Morgan fingerprint density at radius 1 is 1.26 bits per heavy atom. The Labute approximate surface area is 140 Å². The topological polar surface area (TPSA) is 66.7 Å². The van der Waals surface area contributed by atoms with Gasteiger partial charge in [0.1, 0.15) is 9.97 Å². The van der Waals surface area contributed by atoms with Crippen LogP contribution in [0.15, 0.2) is 26.9 Å². The minimum absolute atomic E-state index is 0.454. The van der Waals surface area contributed by atoms with Crippen molar-refractivity contribution in [1.29, 1.82) is 0 Å². The van der Waals surface area contributed by atoms with Gasteiger partial charge in [0.25, 0.3) is 10.0 Å². The largest absolute Gasteiger partial charge is 0.361 e. The maximum absolute atomic E-state index is 12.7. The highest BCUT2D eigenvalue weighted by molar-refractivity contribution is 7.91. The van der Waals surface area contributed by atoms with Crippen LogP contribution in [0, 0.1) is 6.92 Å². The van der Waals surface area contributed by atoms with E-state index in [1.807, 2.05) is 26.0 Å². The van der Waals surface area contributed by atoms with Gasteiger partial charge in [0.2, 0.25) is 0 Å². The van der Waals surface area contributed by atoms with Crippen LogP contribution >= 0.6 is 11.3 Å². The van der Waals surface area contributed by atoms with E-state index in [4.69, 9.17) is 4.52 Å². The van der Waals surface area contributed by atoms with E-state index in [2.05, 4.69) is 10.1 Å². The number of nitrogens with zero attached hydrogens (tertiary/aromatic N) is 3. The number of hydrogen-bond donors (Lipinski definition) is 0. The van der Waals surface area contributed by atoms with Gasteiger partial charge < -0.3 is 4.52 Å². The normalized spacial score (nSPS) is 17.7. The molecule has 0 N–H and O–H groups in total. The van der Waals surface area contributed by atoms with Crippen molar-refractivity contribution < 1.29 is 12.9 Å². The number of aromatic nitrogens is 1. The quantitative estimate of drug-likeness (QED) is 0.822. The summed E-state index contributed by atoms with van der Waals surface area (Å²) in [5.74, 6) is 0.797. The molecule has 23 heavy (non-hydrogen) atoms. The van der Waals surface area contributed by atoms with Gasteiger partial charge in [0, 0.05) is 43.7 Å². The van der Waals surface area contributed by atoms with Gasteiger partial charge in [-0.2, -0.15) is 4.31 Å². The van der Waals surface area contributed by atoms with Gasteiger partial charge in [0.15, 0.2) is 0 Å². The molecule has 1 saturated heterocycles. The summed E-state index contributed by atoms with van der Waals surface area (Å²) in [4.78, 5) is 3.30. The number of hydrogen-bond acceptors (Lipinski definition) is 6. The average Bonchev–Trinajstić information content (AvgIpc) is 3.17. The first-order chi connectivity index (χ1) is 11.0. The Hall–Kier alpha value is -1.22. The van der Waals surface area contributed by atoms with Crippen molar-refractivity contribution in [2.24, 2.45) is 0 Å². The van der Waals surface area contributed by atoms with Gasteiger partial charge >= 0.3 is 0 Å². The Kier molecular flexibility index (Phi) is 4.86. The maximum Gasteiger partial charge on any atom is 0.252 e. The molecule has 0 unspecified atom stereocenters. The lowest BCUT2D eigenvalue weighted by Gasteiger charge is -2.33. The summed E-state index contributed by atoms with van der Waals surface area (Å²) in [6.07, 6.45) is 0.866. The number of aryl methyl sites for hydroxylation is 2. The molecule has 6 nitrogen and oxygen atoms in total. The summed E-state index contributed by atoms with van der Waals surface area (Å²) in [6, 6.07) is 5.55. The third kappa shape index (κ3) is 3.65. The molecular formula is C15H21N3O3S2. The van der Waals surface area contributed by atoms with Crippen LogP contribution in [0.4, 0.5) is 0 Å². The van der Waals surface area contributed by atoms with E-state index in [-0.39, 0.29) is 0 Å². The molecule has 0 spiro atoms. The van der Waals surface area contributed by atoms with Crippen molar-refractivity contribution in [1.82, 2.24) is 14.4 Å². The van der Waals surface area contributed by atoms with Crippen molar-refractivity contribution >= 4 is 21.4 Å². The van der Waals surface area contributed by atoms with Crippen molar-refractivity contribution in [2.75, 3.05) is 26.2 Å². The van der Waals surface area contributed by atoms with E-state index in [1.54, 1.807) is 10.4 Å². The summed E-state index contributed by atoms with van der Waals surface area (Å²) in [6.45, 7) is 7.04. The van der Waals surface area contributed by atoms with Crippen LogP contribution in [0.5, 0.6) is 0 Å². The number of sulfonamides is 1. The van der Waals surface area contributed by atoms with Gasteiger partial charge in [-0.3, -0.25) is 4.90 Å². The van der Waals surface area contributed by atoms with E-state index in [0.29, 0.717) is 36.9 Å². The molecule has 126 valence electrons. The second kappa shape index (κ2) is 6.72. The van der Waals surface area contributed by atoms with Crippen LogP contribution in [0.2, 0.25) is 0 Å². The minimum atomic E-state index is -3.35. The van der Waals surface area contributed by atoms with E-state index in [0.717, 1.165) is 22.8 Å². The summed E-state index contributed by atoms with van der Waals surface area (Å²) in [5.41, 5.74) is 0.893. The zero-order valence-corrected chi connectivity index (χ0v) is 15.0. The van der Waals surface area contributed by atoms with Gasteiger partial charge in [-0.05, 0) is 25.5 Å². The number of rotatable bonds is 5. The summed E-state index contributed by atoms with van der Waals surface area (Å²) < 4.78 is 32.5. The minimum Gasteiger partial charge on any atom is -0.361 e. The lowest BCUT2D eigenvalue weighted by Crippen LogP contribution is -2.48. The van der Waals surface area contributed by atoms with E-state index in [1.165, 1.54) is 11.3 Å². The summed E-state index contributed by atoms with van der Waals surface area (Å²) in [5, 5.41) is 3.99. The SMILES string of the molecule is CCc1ccc(S(=O)(=O)N2CCN(Cc3cc(C)on3)CC2)s1. The lowest BCUT2D eigenvalue weighted by atomic mass is 10.3. The van der Waals surface area contributed by atoms with Gasteiger partial charge in [-0.15, -0.1) is 11.3 Å². The Morgan fingerprint density at radius 3 is 2.57 bits per heavy atom. The van der Waals surface area contributed by atoms with E-state index < -0.39 is 10.0 Å². The zero-order chi connectivity index (χ0) is 16.4. The third-order valence-corrected chi connectivity index (χ3v) is 7.57. The zero-order valence-electron chi connectivity index (χ0n) is 13.4. The highest BCUT2D eigenvalue weighted by Gasteiger charge is 2.29. The van der Waals surface area contributed by atoms with Crippen LogP contribution in [0.25, 0.3) is 0 Å². The van der Waals surface area contributed by atoms with Crippen LogP contribution in [-0.2, 0) is 23.0 Å². The molecule has 3 rings (SSSR count). The highest BCUT2D eigenvalue weighted by Crippen LogP contribution is 2.26. The average molecular weight is 355 g/mol. The molecule has 0 aromatic carbocycles. The van der Waals surface area contributed by atoms with Crippen molar-refractivity contribution in [3.05, 3.63) is 34.5 Å². The summed E-state index contributed by atoms with van der Waals surface area (Å²) >= 11 is 1.37. The third-order valence-electron chi connectivity index (χ3n) is 3.97. The molecule has 8 heteroatoms. The maximum atomic E-state index is 12.7. The molecule has 0 aliphatic carbocycles. The molecule has 1 aliphatic rings. The molecule has 2 aromatic heterocycles. The van der Waals surface area contributed by atoms with E-state index in [9.17, 15) is 8.42 Å². The van der Waals surface area contributed by atoms with Crippen LogP contribution < -0.4 is 0 Å². The molecule has 0 atom stereocenters. The molecule has 3 heterocycles. The fourth-order valence-electron chi connectivity index (χ4n) is 2.66. The molecule has 0 amide bonds. The lowest BCUT2D eigenvalue weighted by molar-refractivity contribution is 0.178. The molecular weight excluding hydrogens is 334 g/mol. The molecule has 0 saturated carbocycles. The fraction of sp³-hybridized carbons (Fsp3) is 0.533. The second-order valence-electron chi connectivity index (χ2n) is 5.68. The van der Waals surface area contributed by atoms with E-state index >= 15 is 0 Å². The first-order valence-electron chi connectivity index (χ1n) is 7.72. The standard InChI is InChI=1S/C15H21N3O3S2/c1-3-14-4-5-15(22-14)23(19,20)18-8-6-17(7-9-18)11-13-10-12(2)21-16-13/h4-5,10H,3,6-9,11H2,1-2H3. The molecule has 2 aromatic rings. The van der Waals surface area contributed by atoms with Crippen LogP contribution in [-0.4, -0.2) is 49.0 Å². The fourth-order valence-corrected chi connectivity index (χ4v) is 5.54. The number of piperazine rings is 1. The monoisotopic (exact) mass is 355 g/mol. The molecule has 1 aliphatic heterocycles. The molecule has 0 bridgehead atoms. The molecule has 1 fully saturated rings. The number of thiophene rings is 1. The Bertz CT molecular complexity index is 759. The first kappa shape index (κ1) is 16.6. The predicted molar refractivity (Wildman–Crippen MR) is 89.0 cm³/mol. The Balaban J connectivity index is 1.61. The second-order valence-corrected chi connectivity index (χ2v) is 9.02. The van der Waals surface area contributed by atoms with Crippen LogP contribution in [0.3, 0.4) is 0 Å².